The van der Waals surface area contributed by atoms with Gasteiger partial charge in [0.05, 0.1) is 16.8 Å². The van der Waals surface area contributed by atoms with Gasteiger partial charge in [0.25, 0.3) is 0 Å². The number of furan rings is 1. The molecule has 0 aliphatic heterocycles. The Labute approximate surface area is 106 Å². The smallest absolute Gasteiger partial charge is 0.134 e. The Balaban J connectivity index is 1.92. The van der Waals surface area contributed by atoms with Crippen molar-refractivity contribution in [2.24, 2.45) is 5.92 Å². The summed E-state index contributed by atoms with van der Waals surface area (Å²) in [4.78, 5) is 0. The van der Waals surface area contributed by atoms with Gasteiger partial charge in [0, 0.05) is 6.04 Å². The molecule has 0 radical (unpaired) electrons. The van der Waals surface area contributed by atoms with E-state index in [9.17, 15) is 0 Å². The van der Waals surface area contributed by atoms with Crippen molar-refractivity contribution in [1.29, 1.82) is 0 Å². The van der Waals surface area contributed by atoms with Crippen molar-refractivity contribution >= 4 is 15.9 Å². The molecule has 1 heterocycles. The molecule has 3 atom stereocenters. The normalized spacial score (nSPS) is 27.9. The summed E-state index contributed by atoms with van der Waals surface area (Å²) in [6, 6.07) is 2.90. The molecular weight excluding hydrogens is 266 g/mol. The average molecular weight is 286 g/mol. The molecule has 3 unspecified atom stereocenters. The molecule has 0 saturated heterocycles. The Kier molecular flexibility index (Phi) is 4.09. The summed E-state index contributed by atoms with van der Waals surface area (Å²) in [5.74, 6) is 1.87. The van der Waals surface area contributed by atoms with Gasteiger partial charge < -0.3 is 9.73 Å². The highest BCUT2D eigenvalue weighted by atomic mass is 79.9. The maximum Gasteiger partial charge on any atom is 0.134 e. The number of nitrogens with one attached hydrogen (secondary N) is 1. The van der Waals surface area contributed by atoms with E-state index in [1.54, 1.807) is 6.26 Å². The van der Waals surface area contributed by atoms with E-state index >= 15 is 0 Å². The number of hydrogen-bond acceptors (Lipinski definition) is 2. The molecule has 1 fully saturated rings. The lowest BCUT2D eigenvalue weighted by Crippen LogP contribution is -2.35. The summed E-state index contributed by atoms with van der Waals surface area (Å²) < 4.78 is 6.55. The highest BCUT2D eigenvalue weighted by Crippen LogP contribution is 2.28. The van der Waals surface area contributed by atoms with Gasteiger partial charge in [-0.05, 0) is 47.7 Å². The first-order valence-electron chi connectivity index (χ1n) is 6.15. The van der Waals surface area contributed by atoms with Crippen LogP contribution in [0.3, 0.4) is 0 Å². The highest BCUT2D eigenvalue weighted by molar-refractivity contribution is 9.10. The van der Waals surface area contributed by atoms with Gasteiger partial charge in [0.2, 0.25) is 0 Å². The van der Waals surface area contributed by atoms with Gasteiger partial charge in [-0.25, -0.2) is 0 Å². The molecule has 90 valence electrons. The van der Waals surface area contributed by atoms with Gasteiger partial charge in [0.1, 0.15) is 5.76 Å². The fourth-order valence-corrected chi connectivity index (χ4v) is 3.17. The largest absolute Gasteiger partial charge is 0.466 e. The van der Waals surface area contributed by atoms with Crippen LogP contribution in [0.25, 0.3) is 0 Å². The maximum absolute atomic E-state index is 5.49. The molecule has 3 heteroatoms. The van der Waals surface area contributed by atoms with Crippen LogP contribution in [-0.2, 0) is 0 Å². The predicted molar refractivity (Wildman–Crippen MR) is 69.4 cm³/mol. The third-order valence-electron chi connectivity index (χ3n) is 3.46. The van der Waals surface area contributed by atoms with E-state index in [1.165, 1.54) is 25.7 Å². The van der Waals surface area contributed by atoms with E-state index in [0.29, 0.717) is 12.1 Å². The van der Waals surface area contributed by atoms with E-state index in [2.05, 4.69) is 35.1 Å². The van der Waals surface area contributed by atoms with Crippen molar-refractivity contribution in [3.8, 4) is 0 Å². The minimum Gasteiger partial charge on any atom is -0.466 e. The van der Waals surface area contributed by atoms with Gasteiger partial charge in [0.15, 0.2) is 0 Å². The molecule has 1 saturated carbocycles. The summed E-state index contributed by atoms with van der Waals surface area (Å²) in [5.41, 5.74) is 0. The first-order chi connectivity index (χ1) is 7.66. The summed E-state index contributed by atoms with van der Waals surface area (Å²) in [5, 5.41) is 3.67. The summed E-state index contributed by atoms with van der Waals surface area (Å²) in [7, 11) is 0. The molecule has 0 aromatic carbocycles. The number of halogens is 1. The van der Waals surface area contributed by atoms with Crippen molar-refractivity contribution in [3.05, 3.63) is 22.6 Å². The molecule has 1 aromatic heterocycles. The van der Waals surface area contributed by atoms with Gasteiger partial charge in [-0.2, -0.15) is 0 Å². The van der Waals surface area contributed by atoms with Crippen molar-refractivity contribution in [1.82, 2.24) is 5.32 Å². The van der Waals surface area contributed by atoms with E-state index in [0.717, 1.165) is 16.2 Å². The zero-order valence-corrected chi connectivity index (χ0v) is 11.6. The van der Waals surface area contributed by atoms with Crippen LogP contribution in [0.1, 0.15) is 51.3 Å². The summed E-state index contributed by atoms with van der Waals surface area (Å²) in [6.45, 7) is 4.52. The second kappa shape index (κ2) is 5.37. The van der Waals surface area contributed by atoms with Crippen LogP contribution >= 0.6 is 15.9 Å². The van der Waals surface area contributed by atoms with Crippen molar-refractivity contribution in [2.45, 2.75) is 51.6 Å². The Morgan fingerprint density at radius 1 is 1.50 bits per heavy atom. The molecule has 16 heavy (non-hydrogen) atoms. The van der Waals surface area contributed by atoms with Gasteiger partial charge in [-0.15, -0.1) is 0 Å². The second-order valence-corrected chi connectivity index (χ2v) is 5.84. The Hall–Kier alpha value is -0.280. The molecule has 0 bridgehead atoms. The van der Waals surface area contributed by atoms with Crippen molar-refractivity contribution in [2.75, 3.05) is 0 Å². The fraction of sp³-hybridized carbons (Fsp3) is 0.692. The molecule has 0 spiro atoms. The summed E-state index contributed by atoms with van der Waals surface area (Å²) >= 11 is 3.51. The molecule has 2 nitrogen and oxygen atoms in total. The lowest BCUT2D eigenvalue weighted by molar-refractivity contribution is 0.274. The minimum absolute atomic E-state index is 0.291. The molecule has 1 aliphatic carbocycles. The first-order valence-corrected chi connectivity index (χ1v) is 6.95. The van der Waals surface area contributed by atoms with Gasteiger partial charge >= 0.3 is 0 Å². The zero-order valence-electron chi connectivity index (χ0n) is 10.0. The minimum atomic E-state index is 0.291. The first kappa shape index (κ1) is 12.2. The summed E-state index contributed by atoms with van der Waals surface area (Å²) in [6.07, 6.45) is 7.07. The fourth-order valence-electron chi connectivity index (χ4n) is 2.63. The van der Waals surface area contributed by atoms with E-state index in [4.69, 9.17) is 4.42 Å². The van der Waals surface area contributed by atoms with Crippen LogP contribution in [0.15, 0.2) is 21.2 Å². The highest BCUT2D eigenvalue weighted by Gasteiger charge is 2.22. The van der Waals surface area contributed by atoms with E-state index in [-0.39, 0.29) is 0 Å². The molecule has 1 aromatic rings. The molecule has 2 rings (SSSR count). The zero-order chi connectivity index (χ0) is 11.5. The Morgan fingerprint density at radius 3 is 2.94 bits per heavy atom. The van der Waals surface area contributed by atoms with Crippen LogP contribution < -0.4 is 5.32 Å². The number of rotatable bonds is 3. The van der Waals surface area contributed by atoms with Crippen LogP contribution in [0, 0.1) is 5.92 Å². The second-order valence-electron chi connectivity index (χ2n) is 4.99. The monoisotopic (exact) mass is 285 g/mol. The Bertz CT molecular complexity index is 336. The van der Waals surface area contributed by atoms with E-state index < -0.39 is 0 Å². The average Bonchev–Trinajstić information content (AvgIpc) is 2.64. The van der Waals surface area contributed by atoms with Gasteiger partial charge in [-0.3, -0.25) is 0 Å². The lowest BCUT2D eigenvalue weighted by Gasteiger charge is -2.29. The third kappa shape index (κ3) is 2.89. The van der Waals surface area contributed by atoms with Crippen molar-refractivity contribution in [3.63, 3.8) is 0 Å². The molecule has 1 N–H and O–H groups in total. The van der Waals surface area contributed by atoms with Crippen LogP contribution in [0.5, 0.6) is 0 Å². The maximum atomic E-state index is 5.49. The molecule has 1 aliphatic rings. The SMILES string of the molecule is CC1CCCC(NC(C)c2occc2Br)C1. The Morgan fingerprint density at radius 2 is 2.31 bits per heavy atom. The predicted octanol–water partition coefficient (Wildman–Crippen LogP) is 4.27. The van der Waals surface area contributed by atoms with Crippen LogP contribution in [0.4, 0.5) is 0 Å². The lowest BCUT2D eigenvalue weighted by atomic mass is 9.87. The molecular formula is C13H20BrNO. The third-order valence-corrected chi connectivity index (χ3v) is 4.12. The molecule has 0 amide bonds. The van der Waals surface area contributed by atoms with Crippen LogP contribution in [-0.4, -0.2) is 6.04 Å². The topological polar surface area (TPSA) is 25.2 Å². The van der Waals surface area contributed by atoms with Crippen LogP contribution in [0.2, 0.25) is 0 Å². The van der Waals surface area contributed by atoms with Gasteiger partial charge in [-0.1, -0.05) is 19.8 Å². The standard InChI is InChI=1S/C13H20BrNO/c1-9-4-3-5-11(8-9)15-10(2)13-12(14)6-7-16-13/h6-7,9-11,15H,3-5,8H2,1-2H3. The van der Waals surface area contributed by atoms with Crippen molar-refractivity contribution < 1.29 is 4.42 Å². The van der Waals surface area contributed by atoms with E-state index in [1.807, 2.05) is 6.07 Å². The quantitative estimate of drug-likeness (QED) is 0.897. The number of hydrogen-bond donors (Lipinski definition) is 1.